The van der Waals surface area contributed by atoms with E-state index in [-0.39, 0.29) is 5.82 Å². The number of nitrogens with one attached hydrogen (secondary N) is 2. The van der Waals surface area contributed by atoms with Crippen LogP contribution in [0.3, 0.4) is 0 Å². The lowest BCUT2D eigenvalue weighted by Gasteiger charge is -2.13. The van der Waals surface area contributed by atoms with E-state index in [9.17, 15) is 4.39 Å². The Morgan fingerprint density at radius 3 is 2.86 bits per heavy atom. The Kier molecular flexibility index (Phi) is 3.62. The predicted octanol–water partition coefficient (Wildman–Crippen LogP) is 2.48. The van der Waals surface area contributed by atoms with Gasteiger partial charge in [0, 0.05) is 20.6 Å². The van der Waals surface area contributed by atoms with E-state index in [4.69, 9.17) is 0 Å². The molecule has 0 spiro atoms. The molecule has 2 N–H and O–H groups in total. The molecule has 3 aromatic rings. The number of aromatic nitrogens is 4. The monoisotopic (exact) mass is 300 g/mol. The lowest BCUT2D eigenvalue weighted by molar-refractivity contribution is 0.612. The van der Waals surface area contributed by atoms with Crippen LogP contribution in [0.15, 0.2) is 24.4 Å². The van der Waals surface area contributed by atoms with Crippen LogP contribution in [0.1, 0.15) is 11.4 Å². The van der Waals surface area contributed by atoms with Crippen molar-refractivity contribution in [2.75, 3.05) is 24.3 Å². The van der Waals surface area contributed by atoms with Gasteiger partial charge in [-0.2, -0.15) is 4.98 Å². The molecule has 0 bridgehead atoms. The second kappa shape index (κ2) is 5.59. The van der Waals surface area contributed by atoms with E-state index in [0.717, 1.165) is 22.4 Å². The molecule has 0 unspecified atom stereocenters. The molecular weight excluding hydrogens is 283 g/mol. The van der Waals surface area contributed by atoms with Gasteiger partial charge in [-0.25, -0.2) is 14.4 Å². The maximum atomic E-state index is 13.6. The minimum atomic E-state index is -0.440. The molecule has 6 nitrogen and oxygen atoms in total. The fourth-order valence-corrected chi connectivity index (χ4v) is 2.23. The minimum Gasteiger partial charge on any atom is -0.360 e. The molecule has 114 valence electrons. The fraction of sp³-hybridized carbons (Fsp3) is 0.267. The number of H-pyrrole nitrogens is 1. The van der Waals surface area contributed by atoms with Gasteiger partial charge in [0.25, 0.3) is 0 Å². The molecule has 0 radical (unpaired) electrons. The summed E-state index contributed by atoms with van der Waals surface area (Å²) in [6, 6.07) is 5.98. The largest absolute Gasteiger partial charge is 0.360 e. The van der Waals surface area contributed by atoms with Crippen LogP contribution in [0.25, 0.3) is 11.0 Å². The van der Waals surface area contributed by atoms with Crippen molar-refractivity contribution in [2.45, 2.75) is 13.5 Å². The van der Waals surface area contributed by atoms with Crippen molar-refractivity contribution in [3.8, 4) is 0 Å². The summed E-state index contributed by atoms with van der Waals surface area (Å²) in [7, 11) is 3.48. The molecule has 0 aliphatic heterocycles. The average molecular weight is 300 g/mol. The van der Waals surface area contributed by atoms with E-state index in [2.05, 4.69) is 25.3 Å². The molecule has 0 saturated carbocycles. The number of benzene rings is 1. The Balaban J connectivity index is 1.77. The number of fused-ring (bicyclic) bond motifs is 1. The van der Waals surface area contributed by atoms with Gasteiger partial charge < -0.3 is 15.2 Å². The zero-order valence-electron chi connectivity index (χ0n) is 12.7. The van der Waals surface area contributed by atoms with Crippen molar-refractivity contribution < 1.29 is 4.39 Å². The molecule has 7 heteroatoms. The normalized spacial score (nSPS) is 10.9. The minimum absolute atomic E-state index is 0.261. The molecule has 0 amide bonds. The highest BCUT2D eigenvalue weighted by molar-refractivity contribution is 5.75. The van der Waals surface area contributed by atoms with Gasteiger partial charge in [0.05, 0.1) is 17.2 Å². The molecule has 22 heavy (non-hydrogen) atoms. The molecule has 0 saturated heterocycles. The number of halogens is 1. The van der Waals surface area contributed by atoms with E-state index in [1.54, 1.807) is 19.0 Å². The number of rotatable bonds is 4. The quantitative estimate of drug-likeness (QED) is 0.774. The Morgan fingerprint density at radius 1 is 1.27 bits per heavy atom. The fourth-order valence-electron chi connectivity index (χ4n) is 2.23. The van der Waals surface area contributed by atoms with Crippen molar-refractivity contribution in [2.24, 2.45) is 0 Å². The lowest BCUT2D eigenvalue weighted by Crippen LogP contribution is -2.15. The van der Waals surface area contributed by atoms with E-state index < -0.39 is 5.82 Å². The maximum absolute atomic E-state index is 13.6. The SMILES string of the molecule is Cc1nc2ccc(CNc3ncc(F)c(N(C)C)n3)cc2[nH]1. The summed E-state index contributed by atoms with van der Waals surface area (Å²) in [5.74, 6) is 1.10. The molecule has 0 fully saturated rings. The highest BCUT2D eigenvalue weighted by Crippen LogP contribution is 2.17. The molecule has 2 heterocycles. The van der Waals surface area contributed by atoms with Crippen LogP contribution in [0, 0.1) is 12.7 Å². The first kappa shape index (κ1) is 14.2. The number of hydrogen-bond donors (Lipinski definition) is 2. The van der Waals surface area contributed by atoms with Crippen molar-refractivity contribution in [1.29, 1.82) is 0 Å². The molecule has 0 atom stereocenters. The summed E-state index contributed by atoms with van der Waals surface area (Å²) >= 11 is 0. The Morgan fingerprint density at radius 2 is 2.09 bits per heavy atom. The van der Waals surface area contributed by atoms with Gasteiger partial charge in [0.2, 0.25) is 5.95 Å². The standard InChI is InChI=1S/C15H17FN6/c1-9-19-12-5-4-10(6-13(12)20-9)7-17-15-18-8-11(16)14(21-15)22(2)3/h4-6,8H,7H2,1-3H3,(H,19,20)(H,17,18,21). The van der Waals surface area contributed by atoms with Gasteiger partial charge in [-0.1, -0.05) is 6.07 Å². The third kappa shape index (κ3) is 2.83. The highest BCUT2D eigenvalue weighted by atomic mass is 19.1. The van der Waals surface area contributed by atoms with Gasteiger partial charge in [0.15, 0.2) is 11.6 Å². The molecular formula is C15H17FN6. The van der Waals surface area contributed by atoms with Gasteiger partial charge in [-0.3, -0.25) is 0 Å². The zero-order chi connectivity index (χ0) is 15.7. The van der Waals surface area contributed by atoms with Crippen LogP contribution in [-0.4, -0.2) is 34.0 Å². The van der Waals surface area contributed by atoms with Crippen molar-refractivity contribution >= 4 is 22.8 Å². The van der Waals surface area contributed by atoms with Crippen LogP contribution in [0.2, 0.25) is 0 Å². The maximum Gasteiger partial charge on any atom is 0.225 e. The van der Waals surface area contributed by atoms with E-state index in [0.29, 0.717) is 12.5 Å². The Bertz CT molecular complexity index is 811. The number of nitrogens with zero attached hydrogens (tertiary/aromatic N) is 4. The van der Waals surface area contributed by atoms with Gasteiger partial charge in [-0.15, -0.1) is 0 Å². The molecule has 0 aliphatic rings. The first-order valence-electron chi connectivity index (χ1n) is 6.92. The van der Waals surface area contributed by atoms with E-state index in [1.165, 1.54) is 6.20 Å². The van der Waals surface area contributed by atoms with E-state index >= 15 is 0 Å². The number of anilines is 2. The molecule has 3 rings (SSSR count). The average Bonchev–Trinajstić information content (AvgIpc) is 2.85. The van der Waals surface area contributed by atoms with Gasteiger partial charge in [-0.05, 0) is 24.6 Å². The van der Waals surface area contributed by atoms with E-state index in [1.807, 2.05) is 25.1 Å². The Hall–Kier alpha value is -2.70. The molecule has 2 aromatic heterocycles. The zero-order valence-corrected chi connectivity index (χ0v) is 12.7. The highest BCUT2D eigenvalue weighted by Gasteiger charge is 2.08. The van der Waals surface area contributed by atoms with Gasteiger partial charge >= 0.3 is 0 Å². The summed E-state index contributed by atoms with van der Waals surface area (Å²) < 4.78 is 13.6. The third-order valence-corrected chi connectivity index (χ3v) is 3.26. The molecule has 1 aromatic carbocycles. The van der Waals surface area contributed by atoms with Crippen molar-refractivity contribution in [3.05, 3.63) is 41.6 Å². The van der Waals surface area contributed by atoms with Crippen molar-refractivity contribution in [1.82, 2.24) is 19.9 Å². The summed E-state index contributed by atoms with van der Waals surface area (Å²) in [5.41, 5.74) is 3.00. The summed E-state index contributed by atoms with van der Waals surface area (Å²) in [5, 5.41) is 3.11. The van der Waals surface area contributed by atoms with Crippen LogP contribution in [0.4, 0.5) is 16.2 Å². The summed E-state index contributed by atoms with van der Waals surface area (Å²) in [6.07, 6.45) is 1.17. The summed E-state index contributed by atoms with van der Waals surface area (Å²) in [4.78, 5) is 17.3. The number of aromatic amines is 1. The summed E-state index contributed by atoms with van der Waals surface area (Å²) in [6.45, 7) is 2.47. The van der Waals surface area contributed by atoms with Crippen molar-refractivity contribution in [3.63, 3.8) is 0 Å². The van der Waals surface area contributed by atoms with Crippen LogP contribution < -0.4 is 10.2 Å². The first-order valence-corrected chi connectivity index (χ1v) is 6.92. The second-order valence-corrected chi connectivity index (χ2v) is 5.29. The van der Waals surface area contributed by atoms with Gasteiger partial charge in [0.1, 0.15) is 5.82 Å². The van der Waals surface area contributed by atoms with Crippen LogP contribution in [-0.2, 0) is 6.54 Å². The third-order valence-electron chi connectivity index (χ3n) is 3.26. The predicted molar refractivity (Wildman–Crippen MR) is 84.5 cm³/mol. The second-order valence-electron chi connectivity index (χ2n) is 5.29. The number of aryl methyl sites for hydroxylation is 1. The number of hydrogen-bond acceptors (Lipinski definition) is 5. The van der Waals surface area contributed by atoms with Crippen LogP contribution >= 0.6 is 0 Å². The lowest BCUT2D eigenvalue weighted by atomic mass is 10.2. The smallest absolute Gasteiger partial charge is 0.225 e. The number of imidazole rings is 1. The Labute approximate surface area is 127 Å². The first-order chi connectivity index (χ1) is 10.5. The topological polar surface area (TPSA) is 69.7 Å². The molecule has 0 aliphatic carbocycles. The van der Waals surface area contributed by atoms with Crippen LogP contribution in [0.5, 0.6) is 0 Å².